The minimum atomic E-state index is -0.349. The van der Waals surface area contributed by atoms with Gasteiger partial charge in [0.2, 0.25) is 0 Å². The summed E-state index contributed by atoms with van der Waals surface area (Å²) in [7, 11) is 1.33. The van der Waals surface area contributed by atoms with Crippen molar-refractivity contribution in [1.29, 1.82) is 0 Å². The predicted octanol–water partition coefficient (Wildman–Crippen LogP) is 3.97. The zero-order valence-corrected chi connectivity index (χ0v) is 15.9. The molecule has 0 atom stereocenters. The fourth-order valence-electron chi connectivity index (χ4n) is 2.54. The highest BCUT2D eigenvalue weighted by Crippen LogP contribution is 2.17. The Morgan fingerprint density at radius 2 is 1.61 bits per heavy atom. The standard InChI is InChI=1S/C21H18N2O4S/c1-27-19(24)12-14-5-2-7-16(11-14)22-20(25)15-6-3-8-17(13-15)23-21(26)18-9-4-10-28-18/h2-11,13H,12H2,1H3,(H,22,25)(H,23,26). The van der Waals surface area contributed by atoms with Crippen molar-refractivity contribution in [2.24, 2.45) is 0 Å². The molecule has 0 radical (unpaired) electrons. The van der Waals surface area contributed by atoms with Gasteiger partial charge >= 0.3 is 5.97 Å². The lowest BCUT2D eigenvalue weighted by molar-refractivity contribution is -0.139. The number of thiophene rings is 1. The van der Waals surface area contributed by atoms with Crippen molar-refractivity contribution < 1.29 is 19.1 Å². The molecule has 2 amide bonds. The van der Waals surface area contributed by atoms with Crippen LogP contribution in [0.25, 0.3) is 0 Å². The van der Waals surface area contributed by atoms with E-state index in [1.165, 1.54) is 18.4 Å². The van der Waals surface area contributed by atoms with Crippen LogP contribution in [0.4, 0.5) is 11.4 Å². The van der Waals surface area contributed by atoms with Crippen LogP contribution < -0.4 is 10.6 Å². The summed E-state index contributed by atoms with van der Waals surface area (Å²) >= 11 is 1.35. The van der Waals surface area contributed by atoms with Crippen LogP contribution in [-0.2, 0) is 16.0 Å². The number of esters is 1. The largest absolute Gasteiger partial charge is 0.469 e. The van der Waals surface area contributed by atoms with Gasteiger partial charge in [0.25, 0.3) is 11.8 Å². The van der Waals surface area contributed by atoms with Gasteiger partial charge in [-0.05, 0) is 47.3 Å². The van der Waals surface area contributed by atoms with Gasteiger partial charge in [0.15, 0.2) is 0 Å². The lowest BCUT2D eigenvalue weighted by atomic mass is 10.1. The molecule has 0 spiro atoms. The highest BCUT2D eigenvalue weighted by molar-refractivity contribution is 7.12. The van der Waals surface area contributed by atoms with Gasteiger partial charge in [0.05, 0.1) is 18.4 Å². The molecule has 0 unspecified atom stereocenters. The molecule has 142 valence electrons. The third-order valence-corrected chi connectivity index (χ3v) is 4.76. The number of rotatable bonds is 6. The number of ether oxygens (including phenoxy) is 1. The maximum absolute atomic E-state index is 12.6. The highest BCUT2D eigenvalue weighted by atomic mass is 32.1. The molecule has 0 fully saturated rings. The lowest BCUT2D eigenvalue weighted by Gasteiger charge is -2.09. The first-order valence-corrected chi connectivity index (χ1v) is 9.35. The predicted molar refractivity (Wildman–Crippen MR) is 109 cm³/mol. The molecule has 3 rings (SSSR count). The Hall–Kier alpha value is -3.45. The molecule has 2 aromatic carbocycles. The molecule has 0 bridgehead atoms. The van der Waals surface area contributed by atoms with Gasteiger partial charge in [0, 0.05) is 16.9 Å². The summed E-state index contributed by atoms with van der Waals surface area (Å²) in [6.45, 7) is 0. The minimum absolute atomic E-state index is 0.129. The molecule has 2 N–H and O–H groups in total. The van der Waals surface area contributed by atoms with Crippen molar-refractivity contribution in [3.05, 3.63) is 82.0 Å². The SMILES string of the molecule is COC(=O)Cc1cccc(NC(=O)c2cccc(NC(=O)c3cccs3)c2)c1. The van der Waals surface area contributed by atoms with E-state index in [9.17, 15) is 14.4 Å². The van der Waals surface area contributed by atoms with Crippen LogP contribution in [0.1, 0.15) is 25.6 Å². The molecule has 0 aliphatic heterocycles. The molecule has 0 aliphatic carbocycles. The first kappa shape index (κ1) is 19.3. The second-order valence-electron chi connectivity index (χ2n) is 5.92. The molecule has 6 nitrogen and oxygen atoms in total. The van der Waals surface area contributed by atoms with Crippen LogP contribution in [0.3, 0.4) is 0 Å². The first-order valence-electron chi connectivity index (χ1n) is 8.47. The summed E-state index contributed by atoms with van der Waals surface area (Å²) in [5, 5.41) is 7.40. The van der Waals surface area contributed by atoms with Crippen molar-refractivity contribution in [3.63, 3.8) is 0 Å². The van der Waals surface area contributed by atoms with Crippen molar-refractivity contribution in [3.8, 4) is 0 Å². The van der Waals surface area contributed by atoms with Crippen LogP contribution in [0.15, 0.2) is 66.0 Å². The van der Waals surface area contributed by atoms with E-state index in [-0.39, 0.29) is 24.2 Å². The molecule has 0 saturated carbocycles. The van der Waals surface area contributed by atoms with Crippen LogP contribution in [0.2, 0.25) is 0 Å². The van der Waals surface area contributed by atoms with E-state index in [4.69, 9.17) is 0 Å². The van der Waals surface area contributed by atoms with Crippen LogP contribution >= 0.6 is 11.3 Å². The van der Waals surface area contributed by atoms with Crippen molar-refractivity contribution in [1.82, 2.24) is 0 Å². The Morgan fingerprint density at radius 3 is 2.32 bits per heavy atom. The van der Waals surface area contributed by atoms with Gasteiger partial charge in [-0.1, -0.05) is 24.3 Å². The summed E-state index contributed by atoms with van der Waals surface area (Å²) in [6.07, 6.45) is 0.129. The van der Waals surface area contributed by atoms with Gasteiger partial charge < -0.3 is 15.4 Å². The normalized spacial score (nSPS) is 10.2. The number of hydrogen-bond donors (Lipinski definition) is 2. The van der Waals surface area contributed by atoms with Crippen molar-refractivity contribution in [2.75, 3.05) is 17.7 Å². The molecule has 0 saturated heterocycles. The smallest absolute Gasteiger partial charge is 0.309 e. The zero-order chi connectivity index (χ0) is 19.9. The highest BCUT2D eigenvalue weighted by Gasteiger charge is 2.11. The van der Waals surface area contributed by atoms with Crippen LogP contribution in [0, 0.1) is 0 Å². The molecule has 3 aromatic rings. The molecule has 1 aromatic heterocycles. The number of methoxy groups -OCH3 is 1. The van der Waals surface area contributed by atoms with Gasteiger partial charge in [-0.3, -0.25) is 14.4 Å². The second-order valence-corrected chi connectivity index (χ2v) is 6.87. The van der Waals surface area contributed by atoms with E-state index in [1.807, 2.05) is 5.38 Å². The quantitative estimate of drug-likeness (QED) is 0.620. The number of hydrogen-bond acceptors (Lipinski definition) is 5. The Kier molecular flexibility index (Phi) is 6.18. The van der Waals surface area contributed by atoms with E-state index >= 15 is 0 Å². The average molecular weight is 394 g/mol. The molecule has 28 heavy (non-hydrogen) atoms. The van der Waals surface area contributed by atoms with E-state index in [0.29, 0.717) is 21.8 Å². The maximum atomic E-state index is 12.6. The number of anilines is 2. The van der Waals surface area contributed by atoms with Crippen molar-refractivity contribution >= 4 is 40.5 Å². The minimum Gasteiger partial charge on any atom is -0.469 e. The Morgan fingerprint density at radius 1 is 0.893 bits per heavy atom. The third-order valence-electron chi connectivity index (χ3n) is 3.89. The van der Waals surface area contributed by atoms with E-state index in [0.717, 1.165) is 5.56 Å². The van der Waals surface area contributed by atoms with Gasteiger partial charge in [-0.15, -0.1) is 11.3 Å². The summed E-state index contributed by atoms with van der Waals surface area (Å²) in [4.78, 5) is 36.7. The first-order chi connectivity index (χ1) is 13.5. The van der Waals surface area contributed by atoms with E-state index < -0.39 is 0 Å². The lowest BCUT2D eigenvalue weighted by Crippen LogP contribution is -2.14. The molecular formula is C21H18N2O4S. The number of amides is 2. The Labute approximate surface area is 166 Å². The maximum Gasteiger partial charge on any atom is 0.309 e. The van der Waals surface area contributed by atoms with Gasteiger partial charge in [-0.2, -0.15) is 0 Å². The van der Waals surface area contributed by atoms with E-state index in [1.54, 1.807) is 60.7 Å². The fraction of sp³-hybridized carbons (Fsp3) is 0.0952. The molecule has 1 heterocycles. The summed E-state index contributed by atoms with van der Waals surface area (Å²) in [6, 6.07) is 17.2. The molecule has 7 heteroatoms. The van der Waals surface area contributed by atoms with E-state index in [2.05, 4.69) is 15.4 Å². The Balaban J connectivity index is 1.68. The number of carbonyl (C=O) groups is 3. The topological polar surface area (TPSA) is 84.5 Å². The van der Waals surface area contributed by atoms with Gasteiger partial charge in [0.1, 0.15) is 0 Å². The average Bonchev–Trinajstić information content (AvgIpc) is 3.23. The van der Waals surface area contributed by atoms with Crippen LogP contribution in [-0.4, -0.2) is 24.9 Å². The van der Waals surface area contributed by atoms with Crippen molar-refractivity contribution in [2.45, 2.75) is 6.42 Å². The van der Waals surface area contributed by atoms with Crippen LogP contribution in [0.5, 0.6) is 0 Å². The second kappa shape index (κ2) is 8.96. The molecular weight excluding hydrogens is 376 g/mol. The monoisotopic (exact) mass is 394 g/mol. The summed E-state index contributed by atoms with van der Waals surface area (Å²) < 4.78 is 4.66. The number of carbonyl (C=O) groups excluding carboxylic acids is 3. The number of benzene rings is 2. The summed E-state index contributed by atoms with van der Waals surface area (Å²) in [5.41, 5.74) is 2.24. The third kappa shape index (κ3) is 5.05. The summed E-state index contributed by atoms with van der Waals surface area (Å²) in [5.74, 6) is -0.886. The Bertz CT molecular complexity index is 999. The molecule has 0 aliphatic rings. The zero-order valence-electron chi connectivity index (χ0n) is 15.1. The number of nitrogens with one attached hydrogen (secondary N) is 2. The van der Waals surface area contributed by atoms with Gasteiger partial charge in [-0.25, -0.2) is 0 Å². The fourth-order valence-corrected chi connectivity index (χ4v) is 3.16.